The van der Waals surface area contributed by atoms with E-state index in [1.165, 1.54) is 6.42 Å². The van der Waals surface area contributed by atoms with Crippen LogP contribution < -0.4 is 10.2 Å². The van der Waals surface area contributed by atoms with Crippen LogP contribution in [0, 0.1) is 0 Å². The zero-order valence-corrected chi connectivity index (χ0v) is 11.6. The van der Waals surface area contributed by atoms with E-state index in [4.69, 9.17) is 5.11 Å². The third kappa shape index (κ3) is 3.58. The molecular formula is C11H17AsN4O. The van der Waals surface area contributed by atoms with E-state index in [-0.39, 0.29) is 6.61 Å². The molecule has 92 valence electrons. The zero-order chi connectivity index (χ0) is 12.1. The first kappa shape index (κ1) is 12.7. The van der Waals surface area contributed by atoms with Crippen LogP contribution in [0.25, 0.3) is 0 Å². The van der Waals surface area contributed by atoms with E-state index in [1.54, 1.807) is 0 Å². The van der Waals surface area contributed by atoms with Crippen molar-refractivity contribution in [3.05, 3.63) is 12.3 Å². The van der Waals surface area contributed by atoms with E-state index >= 15 is 0 Å². The number of aliphatic hydroxyl groups is 1. The first-order valence-electron chi connectivity index (χ1n) is 5.90. The summed E-state index contributed by atoms with van der Waals surface area (Å²) in [6, 6.07) is 2.02. The molecule has 0 bridgehead atoms. The first-order chi connectivity index (χ1) is 8.29. The molecule has 1 aliphatic heterocycles. The summed E-state index contributed by atoms with van der Waals surface area (Å²) >= 11 is 2.72. The van der Waals surface area contributed by atoms with E-state index < -0.39 is 0 Å². The van der Waals surface area contributed by atoms with Gasteiger partial charge in [-0.1, -0.05) is 0 Å². The van der Waals surface area contributed by atoms with Crippen LogP contribution >= 0.6 is 0 Å². The first-order valence-corrected chi connectivity index (χ1v) is 6.98. The molecule has 1 fully saturated rings. The Kier molecular flexibility index (Phi) is 4.63. The molecule has 1 saturated heterocycles. The Morgan fingerprint density at radius 1 is 1.59 bits per heavy atom. The van der Waals surface area contributed by atoms with Gasteiger partial charge in [0.05, 0.1) is 0 Å². The molecule has 5 nitrogen and oxygen atoms in total. The standard InChI is InChI=1S/C11H17AsN4O/c12-9-2-4-16(8-9)10-6-11(15-14-7-10)13-3-1-5-17/h6-7,9,17H,1-5,8H2,(H,13,15). The number of aromatic nitrogens is 2. The number of hydrogen-bond acceptors (Lipinski definition) is 5. The monoisotopic (exact) mass is 296 g/mol. The van der Waals surface area contributed by atoms with E-state index in [2.05, 4.69) is 37.3 Å². The Bertz CT molecular complexity index is 363. The van der Waals surface area contributed by atoms with Crippen LogP contribution in [0.15, 0.2) is 12.3 Å². The van der Waals surface area contributed by atoms with Crippen molar-refractivity contribution in [2.75, 3.05) is 36.5 Å². The molecule has 1 aromatic rings. The molecule has 2 N–H and O–H groups in total. The summed E-state index contributed by atoms with van der Waals surface area (Å²) in [5, 5.41) is 19.9. The van der Waals surface area contributed by atoms with Crippen LogP contribution in [0.4, 0.5) is 11.5 Å². The average Bonchev–Trinajstić information content (AvgIpc) is 2.77. The van der Waals surface area contributed by atoms with Crippen molar-refractivity contribution in [3.8, 4) is 0 Å². The van der Waals surface area contributed by atoms with Gasteiger partial charge >= 0.3 is 110 Å². The number of anilines is 2. The van der Waals surface area contributed by atoms with Gasteiger partial charge in [-0.3, -0.25) is 0 Å². The molecule has 0 amide bonds. The molecule has 0 aromatic carbocycles. The van der Waals surface area contributed by atoms with Crippen LogP contribution in [-0.4, -0.2) is 58.4 Å². The van der Waals surface area contributed by atoms with Crippen molar-refractivity contribution in [2.24, 2.45) is 0 Å². The topological polar surface area (TPSA) is 61.3 Å². The predicted octanol–water partition coefficient (Wildman–Crippen LogP) is 0.438. The van der Waals surface area contributed by atoms with Gasteiger partial charge in [-0.2, -0.15) is 0 Å². The fraction of sp³-hybridized carbons (Fsp3) is 0.636. The molecule has 2 rings (SSSR count). The maximum atomic E-state index is 8.71. The minimum atomic E-state index is 0.196. The Hall–Kier alpha value is -0.802. The van der Waals surface area contributed by atoms with Gasteiger partial charge in [0.25, 0.3) is 0 Å². The second-order valence-corrected chi connectivity index (χ2v) is 5.72. The Balaban J connectivity index is 1.96. The number of hydrogen-bond donors (Lipinski definition) is 2. The van der Waals surface area contributed by atoms with Gasteiger partial charge < -0.3 is 0 Å². The summed E-state index contributed by atoms with van der Waals surface area (Å²) in [5.41, 5.74) is 1.13. The summed E-state index contributed by atoms with van der Waals surface area (Å²) in [7, 11) is 0. The fourth-order valence-corrected chi connectivity index (χ4v) is 2.54. The Morgan fingerprint density at radius 2 is 2.47 bits per heavy atom. The van der Waals surface area contributed by atoms with Crippen molar-refractivity contribution in [2.45, 2.75) is 17.5 Å². The molecule has 0 aliphatic carbocycles. The van der Waals surface area contributed by atoms with Crippen LogP contribution in [0.3, 0.4) is 0 Å². The van der Waals surface area contributed by atoms with Crippen molar-refractivity contribution in [1.82, 2.24) is 10.2 Å². The molecule has 1 aromatic heterocycles. The summed E-state index contributed by atoms with van der Waals surface area (Å²) in [6.45, 7) is 3.08. The molecule has 17 heavy (non-hydrogen) atoms. The van der Waals surface area contributed by atoms with E-state index in [9.17, 15) is 0 Å². The van der Waals surface area contributed by atoms with Crippen LogP contribution in [0.2, 0.25) is 4.71 Å². The van der Waals surface area contributed by atoms with Gasteiger partial charge in [0.15, 0.2) is 0 Å². The van der Waals surface area contributed by atoms with Crippen molar-refractivity contribution >= 4 is 28.4 Å². The molecule has 1 atom stereocenters. The molecular weight excluding hydrogens is 279 g/mol. The molecule has 6 heteroatoms. The third-order valence-corrected chi connectivity index (χ3v) is 3.69. The third-order valence-electron chi connectivity index (χ3n) is 2.81. The second kappa shape index (κ2) is 6.22. The molecule has 0 saturated carbocycles. The molecule has 2 heterocycles. The van der Waals surface area contributed by atoms with Crippen molar-refractivity contribution in [3.63, 3.8) is 0 Å². The van der Waals surface area contributed by atoms with Gasteiger partial charge in [0.2, 0.25) is 0 Å². The molecule has 1 unspecified atom stereocenters. The van der Waals surface area contributed by atoms with E-state index in [1.807, 2.05) is 12.3 Å². The number of nitrogens with one attached hydrogen (secondary N) is 1. The molecule has 2 radical (unpaired) electrons. The Labute approximate surface area is 110 Å². The quantitative estimate of drug-likeness (QED) is 0.610. The Morgan fingerprint density at radius 3 is 3.18 bits per heavy atom. The summed E-state index contributed by atoms with van der Waals surface area (Å²) in [5.74, 6) is 0.782. The summed E-state index contributed by atoms with van der Waals surface area (Å²) in [6.07, 6.45) is 3.75. The van der Waals surface area contributed by atoms with Crippen LogP contribution in [0.5, 0.6) is 0 Å². The number of rotatable bonds is 5. The zero-order valence-electron chi connectivity index (χ0n) is 9.71. The number of nitrogens with zero attached hydrogens (tertiary/aromatic N) is 3. The van der Waals surface area contributed by atoms with Gasteiger partial charge in [-0.15, -0.1) is 0 Å². The van der Waals surface area contributed by atoms with Gasteiger partial charge in [0.1, 0.15) is 0 Å². The molecule has 0 spiro atoms. The SMILES string of the molecule is OCCCNc1cc(N2CCC([As])C2)cnn1. The van der Waals surface area contributed by atoms with E-state index in [0.717, 1.165) is 37.6 Å². The molecule has 1 aliphatic rings. The summed E-state index contributed by atoms with van der Waals surface area (Å²) in [4.78, 5) is 2.33. The van der Waals surface area contributed by atoms with Crippen LogP contribution in [0.1, 0.15) is 12.8 Å². The van der Waals surface area contributed by atoms with Gasteiger partial charge in [0, 0.05) is 0 Å². The number of aliphatic hydroxyl groups excluding tert-OH is 1. The second-order valence-electron chi connectivity index (χ2n) is 4.19. The average molecular weight is 296 g/mol. The van der Waals surface area contributed by atoms with Crippen molar-refractivity contribution in [1.29, 1.82) is 0 Å². The van der Waals surface area contributed by atoms with Crippen LogP contribution in [-0.2, 0) is 0 Å². The van der Waals surface area contributed by atoms with Gasteiger partial charge in [-0.25, -0.2) is 0 Å². The summed E-state index contributed by atoms with van der Waals surface area (Å²) < 4.78 is 0.696. The van der Waals surface area contributed by atoms with E-state index in [0.29, 0.717) is 4.71 Å². The van der Waals surface area contributed by atoms with Gasteiger partial charge in [-0.05, 0) is 0 Å². The predicted molar refractivity (Wildman–Crippen MR) is 68.6 cm³/mol. The minimum absolute atomic E-state index is 0.196. The normalized spacial score (nSPS) is 19.6. The fourth-order valence-electron chi connectivity index (χ4n) is 1.89. The van der Waals surface area contributed by atoms with Crippen molar-refractivity contribution < 1.29 is 5.11 Å². The maximum absolute atomic E-state index is 8.71.